The van der Waals surface area contributed by atoms with E-state index in [1.165, 1.54) is 5.56 Å². The van der Waals surface area contributed by atoms with Crippen molar-refractivity contribution in [3.05, 3.63) is 92.5 Å². The van der Waals surface area contributed by atoms with E-state index in [4.69, 9.17) is 12.2 Å². The molecule has 1 aliphatic heterocycles. The Morgan fingerprint density at radius 2 is 1.74 bits per heavy atom. The minimum absolute atomic E-state index is 0.114. The summed E-state index contributed by atoms with van der Waals surface area (Å²) in [6.45, 7) is 4.03. The third-order valence-corrected chi connectivity index (χ3v) is 5.44. The van der Waals surface area contributed by atoms with Crippen LogP contribution in [0.25, 0.3) is 0 Å². The molecule has 1 aliphatic rings. The number of nitrogens with zero attached hydrogens (tertiary/aromatic N) is 2. The van der Waals surface area contributed by atoms with Crippen LogP contribution in [0.1, 0.15) is 29.7 Å². The van der Waals surface area contributed by atoms with Gasteiger partial charge in [0.15, 0.2) is 4.77 Å². The van der Waals surface area contributed by atoms with E-state index in [9.17, 15) is 4.79 Å². The molecule has 1 aromatic heterocycles. The Hall–Kier alpha value is -2.70. The minimum Gasteiger partial charge on any atom is -0.358 e. The molecule has 3 aromatic rings. The molecule has 2 heterocycles. The molecule has 0 saturated heterocycles. The summed E-state index contributed by atoms with van der Waals surface area (Å²) in [6, 6.07) is 20.7. The predicted octanol–water partition coefficient (Wildman–Crippen LogP) is 3.90. The molecule has 1 atom stereocenters. The normalized spacial score (nSPS) is 15.0. The highest BCUT2D eigenvalue weighted by atomic mass is 32.1. The Bertz CT molecular complexity index is 1040. The Morgan fingerprint density at radius 3 is 2.44 bits per heavy atom. The van der Waals surface area contributed by atoms with Gasteiger partial charge in [0, 0.05) is 12.6 Å². The van der Waals surface area contributed by atoms with E-state index in [0.717, 1.165) is 16.9 Å². The smallest absolute Gasteiger partial charge is 0.258 e. The summed E-state index contributed by atoms with van der Waals surface area (Å²) in [5.41, 5.74) is 2.99. The van der Waals surface area contributed by atoms with Crippen molar-refractivity contribution >= 4 is 18.0 Å². The predicted molar refractivity (Wildman–Crippen MR) is 110 cm³/mol. The van der Waals surface area contributed by atoms with Gasteiger partial charge in [-0.05, 0) is 30.3 Å². The van der Waals surface area contributed by atoms with Gasteiger partial charge in [0.25, 0.3) is 5.56 Å². The van der Waals surface area contributed by atoms with Crippen molar-refractivity contribution in [2.75, 3.05) is 12.0 Å². The van der Waals surface area contributed by atoms with Crippen LogP contribution in [0.2, 0.25) is 0 Å². The number of rotatable bonds is 4. The first kappa shape index (κ1) is 17.7. The summed E-state index contributed by atoms with van der Waals surface area (Å²) in [6.07, 6.45) is 0. The minimum atomic E-state index is -0.114. The fourth-order valence-corrected chi connectivity index (χ4v) is 3.78. The molecule has 4 rings (SSSR count). The number of benzene rings is 2. The van der Waals surface area contributed by atoms with E-state index in [2.05, 4.69) is 46.4 Å². The van der Waals surface area contributed by atoms with Crippen molar-refractivity contribution in [1.82, 2.24) is 14.5 Å². The van der Waals surface area contributed by atoms with Crippen molar-refractivity contribution in [2.24, 2.45) is 0 Å². The van der Waals surface area contributed by atoms with Gasteiger partial charge in [-0.1, -0.05) is 60.7 Å². The zero-order valence-corrected chi connectivity index (χ0v) is 16.0. The summed E-state index contributed by atoms with van der Waals surface area (Å²) in [5.74, 6) is 0.823. The zero-order valence-electron chi connectivity index (χ0n) is 15.2. The third-order valence-electron chi connectivity index (χ3n) is 5.12. The molecule has 27 heavy (non-hydrogen) atoms. The van der Waals surface area contributed by atoms with Gasteiger partial charge in [-0.15, -0.1) is 0 Å². The summed E-state index contributed by atoms with van der Waals surface area (Å²) in [4.78, 5) is 17.7. The van der Waals surface area contributed by atoms with Crippen LogP contribution in [0.3, 0.4) is 0 Å². The second-order valence-corrected chi connectivity index (χ2v) is 7.21. The molecule has 0 radical (unpaired) electrons. The highest BCUT2D eigenvalue weighted by Crippen LogP contribution is 2.27. The maximum Gasteiger partial charge on any atom is 0.258 e. The maximum atomic E-state index is 12.6. The number of hydrogen-bond acceptors (Lipinski definition) is 4. The summed E-state index contributed by atoms with van der Waals surface area (Å²) >= 11 is 5.44. The highest BCUT2D eigenvalue weighted by Gasteiger charge is 2.25. The zero-order chi connectivity index (χ0) is 18.8. The third kappa shape index (κ3) is 3.59. The molecule has 0 unspecified atom stereocenters. The fourth-order valence-electron chi connectivity index (χ4n) is 3.53. The van der Waals surface area contributed by atoms with Gasteiger partial charge >= 0.3 is 0 Å². The lowest BCUT2D eigenvalue weighted by Crippen LogP contribution is -2.40. The molecular formula is C21H22N4OS. The molecule has 0 spiro atoms. The summed E-state index contributed by atoms with van der Waals surface area (Å²) < 4.78 is 2.42. The second kappa shape index (κ2) is 7.50. The molecule has 0 saturated carbocycles. The number of hydrogen-bond donors (Lipinski definition) is 2. The molecule has 0 bridgehead atoms. The van der Waals surface area contributed by atoms with Gasteiger partial charge in [-0.25, -0.2) is 0 Å². The van der Waals surface area contributed by atoms with Crippen LogP contribution in [0.15, 0.2) is 65.5 Å². The van der Waals surface area contributed by atoms with Crippen LogP contribution >= 0.6 is 12.2 Å². The second-order valence-electron chi connectivity index (χ2n) is 6.83. The average molecular weight is 379 g/mol. The van der Waals surface area contributed by atoms with E-state index in [1.54, 1.807) is 0 Å². The van der Waals surface area contributed by atoms with Crippen molar-refractivity contribution in [1.29, 1.82) is 0 Å². The lowest BCUT2D eigenvalue weighted by molar-refractivity contribution is 0.206. The van der Waals surface area contributed by atoms with Crippen LogP contribution in [0.4, 0.5) is 5.82 Å². The molecule has 2 aromatic carbocycles. The first-order valence-corrected chi connectivity index (χ1v) is 9.47. The quantitative estimate of drug-likeness (QED) is 0.676. The number of nitrogens with one attached hydrogen (secondary N) is 2. The van der Waals surface area contributed by atoms with Crippen molar-refractivity contribution in [2.45, 2.75) is 26.1 Å². The Kier molecular flexibility index (Phi) is 4.92. The van der Waals surface area contributed by atoms with E-state index >= 15 is 0 Å². The number of aromatic nitrogens is 2. The molecule has 0 amide bonds. The average Bonchev–Trinajstić information content (AvgIpc) is 2.71. The lowest BCUT2D eigenvalue weighted by atomic mass is 10.1. The molecule has 6 heteroatoms. The van der Waals surface area contributed by atoms with Gasteiger partial charge in [0.05, 0.1) is 18.8 Å². The van der Waals surface area contributed by atoms with Crippen LogP contribution in [-0.2, 0) is 13.1 Å². The molecule has 5 nitrogen and oxygen atoms in total. The van der Waals surface area contributed by atoms with Crippen molar-refractivity contribution < 1.29 is 0 Å². The first-order valence-electron chi connectivity index (χ1n) is 9.06. The number of aromatic amines is 1. The van der Waals surface area contributed by atoms with Crippen LogP contribution in [0.5, 0.6) is 0 Å². The molecule has 138 valence electrons. The van der Waals surface area contributed by atoms with Crippen LogP contribution in [0, 0.1) is 4.77 Å². The van der Waals surface area contributed by atoms with Gasteiger partial charge in [0.2, 0.25) is 0 Å². The first-order chi connectivity index (χ1) is 13.1. The van der Waals surface area contributed by atoms with Gasteiger partial charge in [0.1, 0.15) is 5.82 Å². The van der Waals surface area contributed by atoms with E-state index in [0.29, 0.717) is 24.5 Å². The lowest BCUT2D eigenvalue weighted by Gasteiger charge is -2.35. The standard InChI is InChI=1S/C21H22N4OS/c1-15(17-10-6-3-7-11-17)24-13-18-19(22-14-24)25(21(27)23-20(18)26)12-16-8-4-2-5-9-16/h2-11,15,22H,12-14H2,1H3,(H,23,26,27)/t15-/m0/s1. The maximum absolute atomic E-state index is 12.6. The van der Waals surface area contributed by atoms with Crippen molar-refractivity contribution in [3.63, 3.8) is 0 Å². The molecular weight excluding hydrogens is 356 g/mol. The largest absolute Gasteiger partial charge is 0.358 e. The SMILES string of the molecule is C[C@@H](c1ccccc1)N1CNc2c(c(=O)[nH]c(=S)n2Cc2ccccc2)C1. The number of H-pyrrole nitrogens is 1. The number of fused-ring (bicyclic) bond motifs is 1. The highest BCUT2D eigenvalue weighted by molar-refractivity contribution is 7.71. The van der Waals surface area contributed by atoms with Gasteiger partial charge in [-0.2, -0.15) is 0 Å². The van der Waals surface area contributed by atoms with Crippen LogP contribution in [-0.4, -0.2) is 21.1 Å². The number of anilines is 1. The Balaban J connectivity index is 1.67. The van der Waals surface area contributed by atoms with E-state index in [-0.39, 0.29) is 11.6 Å². The van der Waals surface area contributed by atoms with Gasteiger partial charge < -0.3 is 9.88 Å². The van der Waals surface area contributed by atoms with Gasteiger partial charge in [-0.3, -0.25) is 14.7 Å². The molecule has 0 fully saturated rings. The summed E-state index contributed by atoms with van der Waals surface area (Å²) in [7, 11) is 0. The van der Waals surface area contributed by atoms with E-state index in [1.807, 2.05) is 41.0 Å². The molecule has 2 N–H and O–H groups in total. The summed E-state index contributed by atoms with van der Waals surface area (Å²) in [5, 5.41) is 3.44. The van der Waals surface area contributed by atoms with Crippen molar-refractivity contribution in [3.8, 4) is 0 Å². The monoisotopic (exact) mass is 378 g/mol. The fraction of sp³-hybridized carbons (Fsp3) is 0.238. The van der Waals surface area contributed by atoms with Crippen LogP contribution < -0.4 is 10.9 Å². The topological polar surface area (TPSA) is 53.1 Å². The van der Waals surface area contributed by atoms with E-state index < -0.39 is 0 Å². The molecule has 0 aliphatic carbocycles. The Labute approximate surface area is 163 Å². The Morgan fingerprint density at radius 1 is 1.07 bits per heavy atom.